The Bertz CT molecular complexity index is 334. The summed E-state index contributed by atoms with van der Waals surface area (Å²) in [5, 5.41) is 10.8. The minimum atomic E-state index is -0.222. The van der Waals surface area contributed by atoms with Crippen LogP contribution in [0.1, 0.15) is 44.5 Å². The molecule has 1 aliphatic rings. The maximum absolute atomic E-state index is 5.63. The zero-order chi connectivity index (χ0) is 12.1. The van der Waals surface area contributed by atoms with Crippen LogP contribution in [-0.4, -0.2) is 29.5 Å². The molecule has 1 saturated heterocycles. The van der Waals surface area contributed by atoms with E-state index in [1.807, 2.05) is 6.92 Å². The normalized spacial score (nSPS) is 22.4. The topological polar surface area (TPSA) is 86.2 Å². The Balaban J connectivity index is 1.70. The Labute approximate surface area is 101 Å². The lowest BCUT2D eigenvalue weighted by Crippen LogP contribution is -2.22. The van der Waals surface area contributed by atoms with Gasteiger partial charge in [-0.05, 0) is 32.6 Å². The van der Waals surface area contributed by atoms with Gasteiger partial charge in [-0.15, -0.1) is 5.10 Å². The summed E-state index contributed by atoms with van der Waals surface area (Å²) >= 11 is 0. The number of nitrogens with two attached hydrogens (primary N) is 1. The van der Waals surface area contributed by atoms with Crippen LogP contribution >= 0.6 is 0 Å². The average molecular weight is 240 g/mol. The lowest BCUT2D eigenvalue weighted by molar-refractivity contribution is 0.0134. The third-order valence-electron chi connectivity index (χ3n) is 2.85. The molecule has 0 amide bonds. The predicted molar refractivity (Wildman–Crippen MR) is 63.6 cm³/mol. The highest BCUT2D eigenvalue weighted by molar-refractivity contribution is 5.16. The van der Waals surface area contributed by atoms with Crippen molar-refractivity contribution in [3.05, 3.63) is 5.89 Å². The number of rotatable bonds is 5. The van der Waals surface area contributed by atoms with E-state index in [2.05, 4.69) is 15.5 Å². The van der Waals surface area contributed by atoms with Gasteiger partial charge in [0.2, 0.25) is 5.89 Å². The van der Waals surface area contributed by atoms with Gasteiger partial charge < -0.3 is 20.2 Å². The number of nitrogens with zero attached hydrogens (tertiary/aromatic N) is 2. The molecule has 0 aromatic carbocycles. The van der Waals surface area contributed by atoms with Gasteiger partial charge in [-0.3, -0.25) is 0 Å². The number of nitrogens with one attached hydrogen (secondary N) is 1. The molecular weight excluding hydrogens is 220 g/mol. The fourth-order valence-electron chi connectivity index (χ4n) is 1.87. The third kappa shape index (κ3) is 3.67. The Hall–Kier alpha value is -1.14. The van der Waals surface area contributed by atoms with Crippen LogP contribution in [0.15, 0.2) is 4.42 Å². The number of anilines is 1. The quantitative estimate of drug-likeness (QED) is 0.810. The minimum absolute atomic E-state index is 0.222. The highest BCUT2D eigenvalue weighted by Crippen LogP contribution is 2.16. The Morgan fingerprint density at radius 2 is 2.35 bits per heavy atom. The van der Waals surface area contributed by atoms with E-state index in [1.165, 1.54) is 12.8 Å². The Morgan fingerprint density at radius 3 is 3.00 bits per heavy atom. The van der Waals surface area contributed by atoms with Gasteiger partial charge in [0.15, 0.2) is 0 Å². The maximum Gasteiger partial charge on any atom is 0.315 e. The van der Waals surface area contributed by atoms with E-state index in [0.29, 0.717) is 18.0 Å². The van der Waals surface area contributed by atoms with E-state index in [-0.39, 0.29) is 6.04 Å². The molecule has 0 radical (unpaired) electrons. The molecule has 2 rings (SSSR count). The predicted octanol–water partition coefficient (Wildman–Crippen LogP) is 1.46. The molecule has 3 N–H and O–H groups in total. The molecule has 2 heterocycles. The van der Waals surface area contributed by atoms with E-state index in [0.717, 1.165) is 26.0 Å². The van der Waals surface area contributed by atoms with Crippen LogP contribution in [0, 0.1) is 0 Å². The molecule has 0 saturated carbocycles. The van der Waals surface area contributed by atoms with Crippen LogP contribution in [0.25, 0.3) is 0 Å². The second-order valence-corrected chi connectivity index (χ2v) is 4.44. The molecule has 0 bridgehead atoms. The van der Waals surface area contributed by atoms with E-state index < -0.39 is 0 Å². The Kier molecular flexibility index (Phi) is 4.33. The SMILES string of the molecule is CC(N)c1nnc(NCCC2CCCCO2)o1. The number of hydrogen-bond acceptors (Lipinski definition) is 6. The van der Waals surface area contributed by atoms with Crippen molar-refractivity contribution in [3.63, 3.8) is 0 Å². The molecule has 0 aliphatic carbocycles. The molecule has 1 aromatic heterocycles. The van der Waals surface area contributed by atoms with E-state index >= 15 is 0 Å². The molecule has 17 heavy (non-hydrogen) atoms. The monoisotopic (exact) mass is 240 g/mol. The molecule has 2 unspecified atom stereocenters. The summed E-state index contributed by atoms with van der Waals surface area (Å²) in [6, 6.07) is 0.216. The zero-order valence-corrected chi connectivity index (χ0v) is 10.2. The first-order valence-electron chi connectivity index (χ1n) is 6.20. The van der Waals surface area contributed by atoms with Crippen molar-refractivity contribution in [3.8, 4) is 0 Å². The van der Waals surface area contributed by atoms with Crippen molar-refractivity contribution >= 4 is 6.01 Å². The van der Waals surface area contributed by atoms with E-state index in [4.69, 9.17) is 14.9 Å². The molecule has 1 aromatic rings. The lowest BCUT2D eigenvalue weighted by Gasteiger charge is -2.22. The van der Waals surface area contributed by atoms with Crippen LogP contribution in [0.4, 0.5) is 6.01 Å². The van der Waals surface area contributed by atoms with Crippen LogP contribution in [0.3, 0.4) is 0 Å². The minimum Gasteiger partial charge on any atom is -0.406 e. The molecule has 1 aliphatic heterocycles. The van der Waals surface area contributed by atoms with Crippen molar-refractivity contribution in [2.75, 3.05) is 18.5 Å². The van der Waals surface area contributed by atoms with Gasteiger partial charge in [0.25, 0.3) is 0 Å². The first-order valence-corrected chi connectivity index (χ1v) is 6.20. The van der Waals surface area contributed by atoms with Crippen molar-refractivity contribution < 1.29 is 9.15 Å². The maximum atomic E-state index is 5.63. The van der Waals surface area contributed by atoms with Crippen molar-refractivity contribution in [2.45, 2.75) is 44.8 Å². The standard InChI is InChI=1S/C11H20N4O2/c1-8(12)10-14-15-11(17-10)13-6-5-9-4-2-3-7-16-9/h8-9H,2-7,12H2,1H3,(H,13,15). The summed E-state index contributed by atoms with van der Waals surface area (Å²) in [5.74, 6) is 0.460. The van der Waals surface area contributed by atoms with Gasteiger partial charge >= 0.3 is 6.01 Å². The number of hydrogen-bond donors (Lipinski definition) is 2. The van der Waals surface area contributed by atoms with Crippen molar-refractivity contribution in [1.82, 2.24) is 10.2 Å². The second kappa shape index (κ2) is 5.97. The van der Waals surface area contributed by atoms with Gasteiger partial charge in [-0.25, -0.2) is 0 Å². The van der Waals surface area contributed by atoms with Crippen LogP contribution in [-0.2, 0) is 4.74 Å². The fourth-order valence-corrected chi connectivity index (χ4v) is 1.87. The molecule has 2 atom stereocenters. The molecule has 1 fully saturated rings. The molecular formula is C11H20N4O2. The summed E-state index contributed by atoms with van der Waals surface area (Å²) in [7, 11) is 0. The van der Waals surface area contributed by atoms with Gasteiger partial charge in [0, 0.05) is 13.2 Å². The molecule has 6 nitrogen and oxygen atoms in total. The van der Waals surface area contributed by atoms with Crippen LogP contribution < -0.4 is 11.1 Å². The van der Waals surface area contributed by atoms with Crippen molar-refractivity contribution in [2.24, 2.45) is 5.73 Å². The lowest BCUT2D eigenvalue weighted by atomic mass is 10.1. The zero-order valence-electron chi connectivity index (χ0n) is 10.2. The fraction of sp³-hybridized carbons (Fsp3) is 0.818. The van der Waals surface area contributed by atoms with Gasteiger partial charge in [0.1, 0.15) is 0 Å². The number of ether oxygens (including phenoxy) is 1. The Morgan fingerprint density at radius 1 is 1.47 bits per heavy atom. The molecule has 6 heteroatoms. The van der Waals surface area contributed by atoms with Gasteiger partial charge in [-0.2, -0.15) is 0 Å². The summed E-state index contributed by atoms with van der Waals surface area (Å²) in [4.78, 5) is 0. The summed E-state index contributed by atoms with van der Waals surface area (Å²) in [5.41, 5.74) is 5.63. The highest BCUT2D eigenvalue weighted by atomic mass is 16.5. The van der Waals surface area contributed by atoms with E-state index in [1.54, 1.807) is 0 Å². The van der Waals surface area contributed by atoms with Crippen LogP contribution in [0.5, 0.6) is 0 Å². The summed E-state index contributed by atoms with van der Waals surface area (Å²) in [6.45, 7) is 3.48. The molecule has 0 spiro atoms. The third-order valence-corrected chi connectivity index (χ3v) is 2.85. The second-order valence-electron chi connectivity index (χ2n) is 4.44. The van der Waals surface area contributed by atoms with E-state index in [9.17, 15) is 0 Å². The summed E-state index contributed by atoms with van der Waals surface area (Å²) < 4.78 is 11.0. The summed E-state index contributed by atoms with van der Waals surface area (Å²) in [6.07, 6.45) is 4.94. The first kappa shape index (κ1) is 12.3. The van der Waals surface area contributed by atoms with Crippen LogP contribution in [0.2, 0.25) is 0 Å². The van der Waals surface area contributed by atoms with Crippen molar-refractivity contribution in [1.29, 1.82) is 0 Å². The largest absolute Gasteiger partial charge is 0.406 e. The smallest absolute Gasteiger partial charge is 0.315 e. The van der Waals surface area contributed by atoms with Gasteiger partial charge in [0.05, 0.1) is 12.1 Å². The first-order chi connectivity index (χ1) is 8.25. The van der Waals surface area contributed by atoms with Gasteiger partial charge in [-0.1, -0.05) is 5.10 Å². The number of aromatic nitrogens is 2. The highest BCUT2D eigenvalue weighted by Gasteiger charge is 2.14. The average Bonchev–Trinajstić information content (AvgIpc) is 2.79. The molecule has 96 valence electrons.